The zero-order chi connectivity index (χ0) is 20.0. The molecule has 0 bridgehead atoms. The molecule has 7 heteroatoms. The van der Waals surface area contributed by atoms with Gasteiger partial charge in [-0.1, -0.05) is 42.0 Å². The molecular weight excluding hydrogens is 364 g/mol. The van der Waals surface area contributed by atoms with Crippen LogP contribution in [0.4, 0.5) is 5.69 Å². The highest BCUT2D eigenvalue weighted by Gasteiger charge is 2.24. The largest absolute Gasteiger partial charge is 0.489 e. The lowest BCUT2D eigenvalue weighted by molar-refractivity contribution is -0.119. The maximum Gasteiger partial charge on any atom is 0.241 e. The standard InChI is InChI=1S/C20H26N2O4S/c1-15(2)26-19-11-6-5-10-18(19)22(27(4,24)25)14-20(23)21-13-17-9-7-8-16(3)12-17/h5-12,15H,13-14H2,1-4H3,(H,21,23). The van der Waals surface area contributed by atoms with Crippen LogP contribution in [-0.4, -0.2) is 33.2 Å². The van der Waals surface area contributed by atoms with E-state index in [1.807, 2.05) is 45.0 Å². The third kappa shape index (κ3) is 6.29. The highest BCUT2D eigenvalue weighted by molar-refractivity contribution is 7.92. The number of hydrogen-bond acceptors (Lipinski definition) is 4. The highest BCUT2D eigenvalue weighted by Crippen LogP contribution is 2.30. The first-order valence-corrected chi connectivity index (χ1v) is 10.6. The van der Waals surface area contributed by atoms with Crippen LogP contribution < -0.4 is 14.4 Å². The summed E-state index contributed by atoms with van der Waals surface area (Å²) in [7, 11) is -3.67. The number of aryl methyl sites for hydroxylation is 1. The van der Waals surface area contributed by atoms with E-state index in [-0.39, 0.29) is 18.6 Å². The summed E-state index contributed by atoms with van der Waals surface area (Å²) in [6.45, 7) is 5.71. The van der Waals surface area contributed by atoms with Crippen molar-refractivity contribution in [3.05, 3.63) is 59.7 Å². The first-order valence-electron chi connectivity index (χ1n) is 8.72. The number of anilines is 1. The minimum absolute atomic E-state index is 0.122. The van der Waals surface area contributed by atoms with Crippen molar-refractivity contribution in [3.8, 4) is 5.75 Å². The summed E-state index contributed by atoms with van der Waals surface area (Å²) in [5.74, 6) is 0.0330. The molecule has 0 fully saturated rings. The molecule has 0 atom stereocenters. The SMILES string of the molecule is Cc1cccc(CNC(=O)CN(c2ccccc2OC(C)C)S(C)(=O)=O)c1. The molecule has 0 aliphatic heterocycles. The maximum atomic E-state index is 12.4. The Kier molecular flexibility index (Phi) is 6.85. The van der Waals surface area contributed by atoms with Crippen LogP contribution >= 0.6 is 0 Å². The lowest BCUT2D eigenvalue weighted by atomic mass is 10.1. The van der Waals surface area contributed by atoms with Crippen molar-refractivity contribution in [1.82, 2.24) is 5.32 Å². The Balaban J connectivity index is 2.17. The fraction of sp³-hybridized carbons (Fsp3) is 0.350. The number of para-hydroxylation sites is 2. The van der Waals surface area contributed by atoms with Crippen molar-refractivity contribution in [2.75, 3.05) is 17.1 Å². The van der Waals surface area contributed by atoms with Gasteiger partial charge in [0.1, 0.15) is 12.3 Å². The molecule has 0 spiro atoms. The van der Waals surface area contributed by atoms with Crippen LogP contribution in [0.15, 0.2) is 48.5 Å². The van der Waals surface area contributed by atoms with E-state index >= 15 is 0 Å². The smallest absolute Gasteiger partial charge is 0.241 e. The van der Waals surface area contributed by atoms with E-state index in [4.69, 9.17) is 4.74 Å². The molecule has 146 valence electrons. The fourth-order valence-electron chi connectivity index (χ4n) is 2.61. The van der Waals surface area contributed by atoms with E-state index in [0.717, 1.165) is 21.7 Å². The predicted molar refractivity (Wildman–Crippen MR) is 107 cm³/mol. The van der Waals surface area contributed by atoms with E-state index < -0.39 is 10.0 Å². The van der Waals surface area contributed by atoms with Gasteiger partial charge in [0.25, 0.3) is 0 Å². The van der Waals surface area contributed by atoms with Crippen LogP contribution in [-0.2, 0) is 21.4 Å². The number of nitrogens with zero attached hydrogens (tertiary/aromatic N) is 1. The predicted octanol–water partition coefficient (Wildman–Crippen LogP) is 2.86. The Morgan fingerprint density at radius 1 is 1.15 bits per heavy atom. The Labute approximate surface area is 161 Å². The zero-order valence-electron chi connectivity index (χ0n) is 16.1. The normalized spacial score (nSPS) is 11.3. The molecule has 0 saturated heterocycles. The van der Waals surface area contributed by atoms with E-state index in [9.17, 15) is 13.2 Å². The molecular formula is C20H26N2O4S. The van der Waals surface area contributed by atoms with E-state index in [1.165, 1.54) is 0 Å². The average Bonchev–Trinajstić information content (AvgIpc) is 2.57. The lowest BCUT2D eigenvalue weighted by Gasteiger charge is -2.25. The lowest BCUT2D eigenvalue weighted by Crippen LogP contribution is -2.40. The second-order valence-electron chi connectivity index (χ2n) is 6.67. The van der Waals surface area contributed by atoms with Gasteiger partial charge in [-0.25, -0.2) is 8.42 Å². The van der Waals surface area contributed by atoms with Gasteiger partial charge in [-0.2, -0.15) is 0 Å². The molecule has 6 nitrogen and oxygen atoms in total. The number of carbonyl (C=O) groups excluding carboxylic acids is 1. The molecule has 0 aliphatic carbocycles. The average molecular weight is 391 g/mol. The molecule has 0 heterocycles. The molecule has 0 aliphatic rings. The van der Waals surface area contributed by atoms with Crippen LogP contribution in [0.1, 0.15) is 25.0 Å². The Bertz CT molecular complexity index is 894. The number of hydrogen-bond donors (Lipinski definition) is 1. The summed E-state index contributed by atoms with van der Waals surface area (Å²) >= 11 is 0. The zero-order valence-corrected chi connectivity index (χ0v) is 16.9. The fourth-order valence-corrected chi connectivity index (χ4v) is 3.47. The first kappa shape index (κ1) is 20.8. The van der Waals surface area contributed by atoms with Crippen molar-refractivity contribution in [2.45, 2.75) is 33.4 Å². The second kappa shape index (κ2) is 8.90. The quantitative estimate of drug-likeness (QED) is 0.752. The number of carbonyl (C=O) groups is 1. The van der Waals surface area contributed by atoms with Gasteiger partial charge >= 0.3 is 0 Å². The van der Waals surface area contributed by atoms with Crippen LogP contribution in [0, 0.1) is 6.92 Å². The molecule has 0 saturated carbocycles. The molecule has 1 N–H and O–H groups in total. The van der Waals surface area contributed by atoms with Crippen LogP contribution in [0.25, 0.3) is 0 Å². The van der Waals surface area contributed by atoms with Gasteiger partial charge in [-0.3, -0.25) is 9.10 Å². The summed E-state index contributed by atoms with van der Waals surface area (Å²) < 4.78 is 31.4. The van der Waals surface area contributed by atoms with Gasteiger partial charge in [0, 0.05) is 6.54 Å². The first-order chi connectivity index (χ1) is 12.7. The van der Waals surface area contributed by atoms with Gasteiger partial charge < -0.3 is 10.1 Å². The Morgan fingerprint density at radius 2 is 1.85 bits per heavy atom. The maximum absolute atomic E-state index is 12.4. The molecule has 0 unspecified atom stereocenters. The molecule has 27 heavy (non-hydrogen) atoms. The van der Waals surface area contributed by atoms with Crippen molar-refractivity contribution < 1.29 is 17.9 Å². The summed E-state index contributed by atoms with van der Waals surface area (Å²) in [5.41, 5.74) is 2.40. The van der Waals surface area contributed by atoms with E-state index in [1.54, 1.807) is 24.3 Å². The molecule has 2 aromatic rings. The number of ether oxygens (including phenoxy) is 1. The molecule has 1 amide bonds. The molecule has 0 radical (unpaired) electrons. The van der Waals surface area contributed by atoms with Gasteiger partial charge in [0.15, 0.2) is 0 Å². The molecule has 0 aromatic heterocycles. The highest BCUT2D eigenvalue weighted by atomic mass is 32.2. The van der Waals surface area contributed by atoms with Gasteiger partial charge in [0.05, 0.1) is 18.0 Å². The van der Waals surface area contributed by atoms with E-state index in [0.29, 0.717) is 18.0 Å². The number of sulfonamides is 1. The van der Waals surface area contributed by atoms with Crippen LogP contribution in [0.3, 0.4) is 0 Å². The van der Waals surface area contributed by atoms with Crippen molar-refractivity contribution in [3.63, 3.8) is 0 Å². The number of amides is 1. The Morgan fingerprint density at radius 3 is 2.48 bits per heavy atom. The van der Waals surface area contributed by atoms with E-state index in [2.05, 4.69) is 5.32 Å². The van der Waals surface area contributed by atoms with Crippen molar-refractivity contribution in [2.24, 2.45) is 0 Å². The van der Waals surface area contributed by atoms with Crippen LogP contribution in [0.2, 0.25) is 0 Å². The summed E-state index contributed by atoms with van der Waals surface area (Å²) in [4.78, 5) is 12.4. The summed E-state index contributed by atoms with van der Waals surface area (Å²) in [5, 5.41) is 2.77. The van der Waals surface area contributed by atoms with Gasteiger partial charge in [-0.15, -0.1) is 0 Å². The second-order valence-corrected chi connectivity index (χ2v) is 8.58. The number of nitrogens with one attached hydrogen (secondary N) is 1. The topological polar surface area (TPSA) is 75.7 Å². The van der Waals surface area contributed by atoms with Crippen molar-refractivity contribution >= 4 is 21.6 Å². The minimum atomic E-state index is -3.67. The summed E-state index contributed by atoms with van der Waals surface area (Å²) in [6.07, 6.45) is 0.954. The minimum Gasteiger partial charge on any atom is -0.489 e. The Hall–Kier alpha value is -2.54. The third-order valence-corrected chi connectivity index (χ3v) is 4.88. The van der Waals surface area contributed by atoms with Gasteiger partial charge in [0.2, 0.25) is 15.9 Å². The monoisotopic (exact) mass is 390 g/mol. The number of rotatable bonds is 8. The van der Waals surface area contributed by atoms with Crippen molar-refractivity contribution in [1.29, 1.82) is 0 Å². The molecule has 2 aromatic carbocycles. The molecule has 2 rings (SSSR count). The third-order valence-electron chi connectivity index (χ3n) is 3.76. The summed E-state index contributed by atoms with van der Waals surface area (Å²) in [6, 6.07) is 14.6. The van der Waals surface area contributed by atoms with Gasteiger partial charge in [-0.05, 0) is 38.5 Å². The number of benzene rings is 2. The van der Waals surface area contributed by atoms with Crippen LogP contribution in [0.5, 0.6) is 5.75 Å².